The largest absolute Gasteiger partial charge is 0.493 e. The van der Waals surface area contributed by atoms with E-state index >= 15 is 0 Å². The standard InChI is InChI=1S/C19H20N2O4S/c1-5-21-18(22)16-11(2)15(26-17(16)20-19(21)23)9-7-12-6-8-13(24-3)14(10-12)25-4/h6-10H,5H2,1-4H3,(H,20,23)/b9-7+. The van der Waals surface area contributed by atoms with Crippen LogP contribution in [0.3, 0.4) is 0 Å². The van der Waals surface area contributed by atoms with Crippen LogP contribution in [0.4, 0.5) is 0 Å². The van der Waals surface area contributed by atoms with Crippen molar-refractivity contribution in [3.8, 4) is 11.5 Å². The minimum absolute atomic E-state index is 0.245. The van der Waals surface area contributed by atoms with Crippen LogP contribution in [-0.4, -0.2) is 23.8 Å². The van der Waals surface area contributed by atoms with E-state index in [1.807, 2.05) is 37.3 Å². The number of ether oxygens (including phenoxy) is 2. The third-order valence-corrected chi connectivity index (χ3v) is 5.43. The second-order valence-corrected chi connectivity index (χ2v) is 6.77. The lowest BCUT2D eigenvalue weighted by atomic mass is 10.1. The van der Waals surface area contributed by atoms with Crippen LogP contribution in [0.25, 0.3) is 22.4 Å². The van der Waals surface area contributed by atoms with Crippen molar-refractivity contribution in [3.63, 3.8) is 0 Å². The van der Waals surface area contributed by atoms with Crippen molar-refractivity contribution in [2.24, 2.45) is 0 Å². The van der Waals surface area contributed by atoms with Gasteiger partial charge in [-0.25, -0.2) is 4.79 Å². The van der Waals surface area contributed by atoms with Gasteiger partial charge in [0.05, 0.1) is 19.6 Å². The van der Waals surface area contributed by atoms with Crippen LogP contribution < -0.4 is 20.7 Å². The maximum atomic E-state index is 12.5. The molecular formula is C19H20N2O4S. The monoisotopic (exact) mass is 372 g/mol. The normalized spacial score (nSPS) is 11.4. The lowest BCUT2D eigenvalue weighted by molar-refractivity contribution is 0.355. The number of methoxy groups -OCH3 is 2. The first-order valence-corrected chi connectivity index (χ1v) is 8.98. The highest BCUT2D eigenvalue weighted by atomic mass is 32.1. The third kappa shape index (κ3) is 3.06. The molecule has 0 unspecified atom stereocenters. The summed E-state index contributed by atoms with van der Waals surface area (Å²) < 4.78 is 11.8. The zero-order chi connectivity index (χ0) is 18.8. The molecule has 26 heavy (non-hydrogen) atoms. The molecule has 3 rings (SSSR count). The van der Waals surface area contributed by atoms with Crippen LogP contribution in [0.2, 0.25) is 0 Å². The van der Waals surface area contributed by atoms with Crippen molar-refractivity contribution >= 4 is 33.7 Å². The maximum Gasteiger partial charge on any atom is 0.329 e. The fourth-order valence-corrected chi connectivity index (χ4v) is 3.93. The Hall–Kier alpha value is -2.80. The van der Waals surface area contributed by atoms with Crippen molar-refractivity contribution in [2.75, 3.05) is 14.2 Å². The molecule has 1 aromatic carbocycles. The summed E-state index contributed by atoms with van der Waals surface area (Å²) >= 11 is 1.40. The van der Waals surface area contributed by atoms with E-state index < -0.39 is 0 Å². The van der Waals surface area contributed by atoms with E-state index in [2.05, 4.69) is 4.98 Å². The number of H-pyrrole nitrogens is 1. The first-order chi connectivity index (χ1) is 12.5. The van der Waals surface area contributed by atoms with Crippen molar-refractivity contribution in [1.82, 2.24) is 9.55 Å². The van der Waals surface area contributed by atoms with Crippen LogP contribution in [0, 0.1) is 6.92 Å². The predicted molar refractivity (Wildman–Crippen MR) is 106 cm³/mol. The highest BCUT2D eigenvalue weighted by molar-refractivity contribution is 7.19. The van der Waals surface area contributed by atoms with Gasteiger partial charge in [0.15, 0.2) is 11.5 Å². The van der Waals surface area contributed by atoms with Gasteiger partial charge in [0.1, 0.15) is 4.83 Å². The average molecular weight is 372 g/mol. The summed E-state index contributed by atoms with van der Waals surface area (Å²) in [5.74, 6) is 1.32. The van der Waals surface area contributed by atoms with Gasteiger partial charge in [-0.15, -0.1) is 11.3 Å². The minimum Gasteiger partial charge on any atom is -0.493 e. The summed E-state index contributed by atoms with van der Waals surface area (Å²) in [6, 6.07) is 5.64. The number of fused-ring (bicyclic) bond motifs is 1. The molecule has 0 fully saturated rings. The van der Waals surface area contributed by atoms with E-state index in [9.17, 15) is 9.59 Å². The Kier molecular flexibility index (Phi) is 4.99. The lowest BCUT2D eigenvalue weighted by Gasteiger charge is -2.07. The molecule has 1 N–H and O–H groups in total. The summed E-state index contributed by atoms with van der Waals surface area (Å²) in [4.78, 5) is 28.9. The van der Waals surface area contributed by atoms with Gasteiger partial charge in [-0.3, -0.25) is 14.3 Å². The molecule has 2 heterocycles. The molecule has 136 valence electrons. The molecule has 3 aromatic rings. The first kappa shape index (κ1) is 18.0. The predicted octanol–water partition coefficient (Wildman–Crippen LogP) is 3.27. The molecule has 7 heteroatoms. The molecule has 0 aliphatic heterocycles. The van der Waals surface area contributed by atoms with Gasteiger partial charge in [0.2, 0.25) is 0 Å². The van der Waals surface area contributed by atoms with Gasteiger partial charge < -0.3 is 9.47 Å². The van der Waals surface area contributed by atoms with E-state index in [0.29, 0.717) is 28.3 Å². The number of hydrogen-bond donors (Lipinski definition) is 1. The Balaban J connectivity index is 2.06. The van der Waals surface area contributed by atoms with Crippen LogP contribution >= 0.6 is 11.3 Å². The molecule has 0 amide bonds. The molecule has 0 atom stereocenters. The molecule has 0 aliphatic rings. The number of hydrogen-bond acceptors (Lipinski definition) is 5. The third-order valence-electron chi connectivity index (χ3n) is 4.26. The second-order valence-electron chi connectivity index (χ2n) is 5.72. The van der Waals surface area contributed by atoms with Gasteiger partial charge in [-0.05, 0) is 43.2 Å². The molecular weight excluding hydrogens is 352 g/mol. The lowest BCUT2D eigenvalue weighted by Crippen LogP contribution is -2.34. The average Bonchev–Trinajstić information content (AvgIpc) is 2.95. The van der Waals surface area contributed by atoms with Gasteiger partial charge in [0, 0.05) is 11.4 Å². The number of aromatic amines is 1. The zero-order valence-electron chi connectivity index (χ0n) is 15.1. The summed E-state index contributed by atoms with van der Waals surface area (Å²) in [7, 11) is 3.19. The van der Waals surface area contributed by atoms with E-state index in [0.717, 1.165) is 16.0 Å². The number of nitrogens with one attached hydrogen (secondary N) is 1. The van der Waals surface area contributed by atoms with Gasteiger partial charge in [0.25, 0.3) is 5.56 Å². The number of aryl methyl sites for hydroxylation is 1. The van der Waals surface area contributed by atoms with Gasteiger partial charge >= 0.3 is 5.69 Å². The fourth-order valence-electron chi connectivity index (χ4n) is 2.84. The fraction of sp³-hybridized carbons (Fsp3) is 0.263. The molecule has 0 spiro atoms. The smallest absolute Gasteiger partial charge is 0.329 e. The molecule has 6 nitrogen and oxygen atoms in total. The van der Waals surface area contributed by atoms with Crippen LogP contribution in [-0.2, 0) is 6.54 Å². The Morgan fingerprint density at radius 3 is 2.54 bits per heavy atom. The van der Waals surface area contributed by atoms with Gasteiger partial charge in [-0.2, -0.15) is 0 Å². The molecule has 0 radical (unpaired) electrons. The van der Waals surface area contributed by atoms with Crippen LogP contribution in [0.1, 0.15) is 22.9 Å². The van der Waals surface area contributed by atoms with E-state index in [-0.39, 0.29) is 11.2 Å². The Morgan fingerprint density at radius 2 is 1.88 bits per heavy atom. The Labute approximate surface area is 154 Å². The van der Waals surface area contributed by atoms with E-state index in [1.165, 1.54) is 15.9 Å². The number of aromatic nitrogens is 2. The number of nitrogens with zero attached hydrogens (tertiary/aromatic N) is 1. The Bertz CT molecular complexity index is 1110. The maximum absolute atomic E-state index is 12.5. The SMILES string of the molecule is CCn1c(=O)[nH]c2sc(/C=C/c3ccc(OC)c(OC)c3)c(C)c2c1=O. The highest BCUT2D eigenvalue weighted by Gasteiger charge is 2.14. The quantitative estimate of drug-likeness (QED) is 0.746. The molecule has 0 aliphatic carbocycles. The van der Waals surface area contributed by atoms with Crippen LogP contribution in [0.15, 0.2) is 27.8 Å². The summed E-state index contributed by atoms with van der Waals surface area (Å²) in [5.41, 5.74) is 1.19. The summed E-state index contributed by atoms with van der Waals surface area (Å²) in [5, 5.41) is 0.573. The molecule has 0 saturated heterocycles. The summed E-state index contributed by atoms with van der Waals surface area (Å²) in [6.07, 6.45) is 3.88. The molecule has 0 saturated carbocycles. The Morgan fingerprint density at radius 1 is 1.15 bits per heavy atom. The van der Waals surface area contributed by atoms with Crippen molar-refractivity contribution in [2.45, 2.75) is 20.4 Å². The number of thiophene rings is 1. The van der Waals surface area contributed by atoms with Crippen LogP contribution in [0.5, 0.6) is 11.5 Å². The van der Waals surface area contributed by atoms with Crippen molar-refractivity contribution in [3.05, 3.63) is 55.0 Å². The highest BCUT2D eigenvalue weighted by Crippen LogP contribution is 2.30. The first-order valence-electron chi connectivity index (χ1n) is 8.16. The molecule has 2 aromatic heterocycles. The number of benzene rings is 1. The van der Waals surface area contributed by atoms with E-state index in [1.54, 1.807) is 21.1 Å². The zero-order valence-corrected chi connectivity index (χ0v) is 15.9. The second kappa shape index (κ2) is 7.21. The number of rotatable bonds is 5. The minimum atomic E-state index is -0.373. The van der Waals surface area contributed by atoms with Crippen molar-refractivity contribution < 1.29 is 9.47 Å². The molecule has 0 bridgehead atoms. The van der Waals surface area contributed by atoms with E-state index in [4.69, 9.17) is 9.47 Å². The van der Waals surface area contributed by atoms with Gasteiger partial charge in [-0.1, -0.05) is 12.1 Å². The van der Waals surface area contributed by atoms with Crippen molar-refractivity contribution in [1.29, 1.82) is 0 Å². The summed E-state index contributed by atoms with van der Waals surface area (Å²) in [6.45, 7) is 4.02. The topological polar surface area (TPSA) is 73.3 Å².